The van der Waals surface area contributed by atoms with Crippen molar-refractivity contribution in [3.63, 3.8) is 0 Å². The summed E-state index contributed by atoms with van der Waals surface area (Å²) in [6.07, 6.45) is 0. The third kappa shape index (κ3) is 1.80. The molecule has 17 heavy (non-hydrogen) atoms. The van der Waals surface area contributed by atoms with Crippen molar-refractivity contribution in [1.29, 1.82) is 0 Å². The van der Waals surface area contributed by atoms with Crippen molar-refractivity contribution in [3.05, 3.63) is 28.4 Å². The second-order valence-electron chi connectivity index (χ2n) is 3.59. The Balaban J connectivity index is 2.73. The molecule has 1 aromatic carbocycles. The first-order valence-corrected chi connectivity index (χ1v) is 5.79. The van der Waals surface area contributed by atoms with Gasteiger partial charge in [0.05, 0.1) is 18.7 Å². The van der Waals surface area contributed by atoms with E-state index < -0.39 is 0 Å². The Morgan fingerprint density at radius 1 is 1.35 bits per heavy atom. The molecule has 90 valence electrons. The van der Waals surface area contributed by atoms with Crippen LogP contribution in [0.1, 0.15) is 10.5 Å². The zero-order valence-corrected chi connectivity index (χ0v) is 11.4. The van der Waals surface area contributed by atoms with Gasteiger partial charge in [-0.15, -0.1) is 0 Å². The van der Waals surface area contributed by atoms with Crippen molar-refractivity contribution in [2.75, 3.05) is 14.2 Å². The van der Waals surface area contributed by atoms with Crippen LogP contribution in [-0.2, 0) is 11.8 Å². The van der Waals surface area contributed by atoms with Crippen LogP contribution < -0.4 is 4.74 Å². The molecule has 0 aliphatic heterocycles. The van der Waals surface area contributed by atoms with Crippen LogP contribution in [0.25, 0.3) is 10.9 Å². The minimum Gasteiger partial charge on any atom is -0.496 e. The molecule has 0 fully saturated rings. The van der Waals surface area contributed by atoms with Gasteiger partial charge in [-0.2, -0.15) is 0 Å². The topological polar surface area (TPSA) is 40.5 Å². The number of hydrogen-bond acceptors (Lipinski definition) is 3. The summed E-state index contributed by atoms with van der Waals surface area (Å²) in [5.41, 5.74) is 1.45. The highest BCUT2D eigenvalue weighted by Gasteiger charge is 2.16. The molecule has 5 heteroatoms. The maximum Gasteiger partial charge on any atom is 0.354 e. The summed E-state index contributed by atoms with van der Waals surface area (Å²) in [7, 11) is 4.80. The van der Waals surface area contributed by atoms with Crippen LogP contribution in [-0.4, -0.2) is 24.8 Å². The molecule has 4 nitrogen and oxygen atoms in total. The summed E-state index contributed by atoms with van der Waals surface area (Å²) in [4.78, 5) is 11.6. The zero-order chi connectivity index (χ0) is 12.6. The molecule has 0 saturated heterocycles. The molecular formula is C12H12BrNO3. The fourth-order valence-electron chi connectivity index (χ4n) is 1.81. The summed E-state index contributed by atoms with van der Waals surface area (Å²) in [5.74, 6) is 0.383. The van der Waals surface area contributed by atoms with Crippen LogP contribution in [0, 0.1) is 0 Å². The standard InChI is InChI=1S/C12H12BrNO3/c1-14-8-4-5-10(16-2)11(13)7(8)6-9(14)12(15)17-3/h4-6H,1-3H3. The van der Waals surface area contributed by atoms with Gasteiger partial charge in [0.1, 0.15) is 11.4 Å². The van der Waals surface area contributed by atoms with Gasteiger partial charge in [0.2, 0.25) is 0 Å². The maximum absolute atomic E-state index is 11.6. The fraction of sp³-hybridized carbons (Fsp3) is 0.250. The van der Waals surface area contributed by atoms with E-state index in [9.17, 15) is 4.79 Å². The summed E-state index contributed by atoms with van der Waals surface area (Å²) in [6, 6.07) is 5.55. The second-order valence-corrected chi connectivity index (χ2v) is 4.39. The van der Waals surface area contributed by atoms with E-state index in [1.807, 2.05) is 19.2 Å². The summed E-state index contributed by atoms with van der Waals surface area (Å²) in [5, 5.41) is 0.923. The predicted octanol–water partition coefficient (Wildman–Crippen LogP) is 2.74. The minimum atomic E-state index is -0.352. The molecule has 0 radical (unpaired) electrons. The largest absolute Gasteiger partial charge is 0.496 e. The lowest BCUT2D eigenvalue weighted by Crippen LogP contribution is -2.06. The van der Waals surface area contributed by atoms with Gasteiger partial charge in [-0.25, -0.2) is 4.79 Å². The van der Waals surface area contributed by atoms with Crippen molar-refractivity contribution in [2.24, 2.45) is 7.05 Å². The number of hydrogen-bond donors (Lipinski definition) is 0. The normalized spacial score (nSPS) is 10.6. The molecule has 2 aromatic rings. The number of carbonyl (C=O) groups is 1. The molecule has 0 saturated carbocycles. The highest BCUT2D eigenvalue weighted by atomic mass is 79.9. The number of rotatable bonds is 2. The number of methoxy groups -OCH3 is 2. The molecule has 2 rings (SSSR count). The van der Waals surface area contributed by atoms with Gasteiger partial charge < -0.3 is 14.0 Å². The Kier molecular flexibility index (Phi) is 3.11. The lowest BCUT2D eigenvalue weighted by molar-refractivity contribution is 0.0590. The van der Waals surface area contributed by atoms with Gasteiger partial charge in [0.15, 0.2) is 0 Å². The number of halogens is 1. The van der Waals surface area contributed by atoms with Crippen molar-refractivity contribution >= 4 is 32.8 Å². The fourth-order valence-corrected chi connectivity index (χ4v) is 2.43. The summed E-state index contributed by atoms with van der Waals surface area (Å²) in [6.45, 7) is 0. The maximum atomic E-state index is 11.6. The average molecular weight is 298 g/mol. The van der Waals surface area contributed by atoms with Crippen LogP contribution in [0.2, 0.25) is 0 Å². The van der Waals surface area contributed by atoms with Crippen molar-refractivity contribution in [2.45, 2.75) is 0 Å². The predicted molar refractivity (Wildman–Crippen MR) is 68.5 cm³/mol. The minimum absolute atomic E-state index is 0.352. The Bertz CT molecular complexity index is 589. The monoisotopic (exact) mass is 297 g/mol. The van der Waals surface area contributed by atoms with Gasteiger partial charge in [-0.1, -0.05) is 0 Å². The molecule has 0 aliphatic rings. The Hall–Kier alpha value is -1.49. The highest BCUT2D eigenvalue weighted by Crippen LogP contribution is 2.34. The van der Waals surface area contributed by atoms with Gasteiger partial charge in [0.25, 0.3) is 0 Å². The lowest BCUT2D eigenvalue weighted by Gasteiger charge is -2.05. The smallest absolute Gasteiger partial charge is 0.354 e. The van der Waals surface area contributed by atoms with E-state index in [4.69, 9.17) is 9.47 Å². The van der Waals surface area contributed by atoms with Crippen LogP contribution >= 0.6 is 15.9 Å². The van der Waals surface area contributed by atoms with Crippen LogP contribution in [0.5, 0.6) is 5.75 Å². The number of fused-ring (bicyclic) bond motifs is 1. The average Bonchev–Trinajstić information content (AvgIpc) is 2.68. The number of aromatic nitrogens is 1. The van der Waals surface area contributed by atoms with E-state index in [1.165, 1.54) is 7.11 Å². The van der Waals surface area contributed by atoms with E-state index in [2.05, 4.69) is 15.9 Å². The van der Waals surface area contributed by atoms with E-state index in [-0.39, 0.29) is 5.97 Å². The third-order valence-electron chi connectivity index (χ3n) is 2.74. The molecule has 0 unspecified atom stereocenters. The molecule has 0 bridgehead atoms. The third-order valence-corrected chi connectivity index (χ3v) is 3.56. The molecule has 0 amide bonds. The molecule has 1 heterocycles. The number of ether oxygens (including phenoxy) is 2. The van der Waals surface area contributed by atoms with Crippen LogP contribution in [0.3, 0.4) is 0 Å². The number of esters is 1. The molecule has 0 N–H and O–H groups in total. The Labute approximate surface area is 107 Å². The van der Waals surface area contributed by atoms with Crippen LogP contribution in [0.15, 0.2) is 22.7 Å². The number of aryl methyl sites for hydroxylation is 1. The molecule has 0 aliphatic carbocycles. The summed E-state index contributed by atoms with van der Waals surface area (Å²) < 4.78 is 12.6. The molecule has 0 atom stereocenters. The van der Waals surface area contributed by atoms with Gasteiger partial charge in [0, 0.05) is 18.0 Å². The van der Waals surface area contributed by atoms with E-state index in [0.29, 0.717) is 5.69 Å². The van der Waals surface area contributed by atoms with E-state index in [0.717, 1.165) is 21.1 Å². The number of nitrogens with zero attached hydrogens (tertiary/aromatic N) is 1. The lowest BCUT2D eigenvalue weighted by atomic mass is 10.2. The summed E-state index contributed by atoms with van der Waals surface area (Å²) >= 11 is 3.47. The zero-order valence-electron chi connectivity index (χ0n) is 9.78. The van der Waals surface area contributed by atoms with Crippen LogP contribution in [0.4, 0.5) is 0 Å². The van der Waals surface area contributed by atoms with Crippen molar-refractivity contribution < 1.29 is 14.3 Å². The first kappa shape index (κ1) is 12.0. The van der Waals surface area contributed by atoms with Crippen molar-refractivity contribution in [3.8, 4) is 5.75 Å². The second kappa shape index (κ2) is 4.41. The highest BCUT2D eigenvalue weighted by molar-refractivity contribution is 9.10. The molecule has 0 spiro atoms. The number of carbonyl (C=O) groups excluding carboxylic acids is 1. The Morgan fingerprint density at radius 2 is 2.06 bits per heavy atom. The Morgan fingerprint density at radius 3 is 2.65 bits per heavy atom. The SMILES string of the molecule is COC(=O)c1cc2c(Br)c(OC)ccc2n1C. The van der Waals surface area contributed by atoms with E-state index in [1.54, 1.807) is 17.7 Å². The number of benzene rings is 1. The van der Waals surface area contributed by atoms with Gasteiger partial charge in [-0.05, 0) is 34.1 Å². The van der Waals surface area contributed by atoms with Gasteiger partial charge >= 0.3 is 5.97 Å². The molecule has 1 aromatic heterocycles. The molecular weight excluding hydrogens is 286 g/mol. The van der Waals surface area contributed by atoms with E-state index >= 15 is 0 Å². The quantitative estimate of drug-likeness (QED) is 0.800. The van der Waals surface area contributed by atoms with Crippen molar-refractivity contribution in [1.82, 2.24) is 4.57 Å². The first-order valence-electron chi connectivity index (χ1n) is 5.00. The van der Waals surface area contributed by atoms with Gasteiger partial charge in [-0.3, -0.25) is 0 Å². The first-order chi connectivity index (χ1) is 8.10.